The highest BCUT2D eigenvalue weighted by Crippen LogP contribution is 2.16. The first-order chi connectivity index (χ1) is 8.15. The normalized spacial score (nSPS) is 10.3. The summed E-state index contributed by atoms with van der Waals surface area (Å²) in [5, 5.41) is 0.358. The van der Waals surface area contributed by atoms with E-state index < -0.39 is 11.6 Å². The van der Waals surface area contributed by atoms with Gasteiger partial charge in [-0.3, -0.25) is 0 Å². The van der Waals surface area contributed by atoms with Crippen LogP contribution >= 0.6 is 11.6 Å². The van der Waals surface area contributed by atoms with Gasteiger partial charge in [0.1, 0.15) is 17.5 Å². The Morgan fingerprint density at radius 2 is 1.94 bits per heavy atom. The van der Waals surface area contributed by atoms with Crippen molar-refractivity contribution in [3.63, 3.8) is 0 Å². The highest BCUT2D eigenvalue weighted by molar-refractivity contribution is 6.29. The van der Waals surface area contributed by atoms with Crippen molar-refractivity contribution in [2.24, 2.45) is 0 Å². The summed E-state index contributed by atoms with van der Waals surface area (Å²) in [6.45, 7) is 0.144. The van der Waals surface area contributed by atoms with Gasteiger partial charge in [-0.05, 0) is 24.3 Å². The van der Waals surface area contributed by atoms with Crippen LogP contribution in [0.25, 0.3) is 0 Å². The Morgan fingerprint density at radius 3 is 2.65 bits per heavy atom. The summed E-state index contributed by atoms with van der Waals surface area (Å²) in [5.41, 5.74) is 0.613. The van der Waals surface area contributed by atoms with E-state index in [-0.39, 0.29) is 12.4 Å². The molecule has 2 rings (SSSR count). The molecule has 1 aromatic carbocycles. The lowest BCUT2D eigenvalue weighted by Gasteiger charge is -2.06. The average Bonchev–Trinajstić information content (AvgIpc) is 2.31. The van der Waals surface area contributed by atoms with Crippen molar-refractivity contribution < 1.29 is 13.5 Å². The van der Waals surface area contributed by atoms with Crippen LogP contribution in [0.3, 0.4) is 0 Å². The summed E-state index contributed by atoms with van der Waals surface area (Å²) in [7, 11) is 0. The maximum absolute atomic E-state index is 12.9. The summed E-state index contributed by atoms with van der Waals surface area (Å²) in [6.07, 6.45) is 0. The fourth-order valence-corrected chi connectivity index (χ4v) is 1.44. The van der Waals surface area contributed by atoms with Crippen LogP contribution in [-0.2, 0) is 6.61 Å². The number of benzene rings is 1. The molecule has 0 N–H and O–H groups in total. The molecular formula is C12H8ClF2NO. The van der Waals surface area contributed by atoms with Crippen LogP contribution in [0.1, 0.15) is 5.69 Å². The maximum Gasteiger partial charge on any atom is 0.162 e. The number of pyridine rings is 1. The van der Waals surface area contributed by atoms with Gasteiger partial charge in [-0.2, -0.15) is 0 Å². The molecule has 0 fully saturated rings. The van der Waals surface area contributed by atoms with Gasteiger partial charge in [-0.25, -0.2) is 13.8 Å². The molecule has 0 aliphatic rings. The first-order valence-corrected chi connectivity index (χ1v) is 5.22. The van der Waals surface area contributed by atoms with Crippen LogP contribution in [0.2, 0.25) is 5.15 Å². The lowest BCUT2D eigenvalue weighted by molar-refractivity contribution is 0.298. The van der Waals surface area contributed by atoms with Crippen molar-refractivity contribution in [3.8, 4) is 5.75 Å². The Balaban J connectivity index is 2.05. The molecule has 0 unspecified atom stereocenters. The monoisotopic (exact) mass is 255 g/mol. The molecule has 2 aromatic rings. The molecule has 0 bridgehead atoms. The van der Waals surface area contributed by atoms with Gasteiger partial charge in [0.25, 0.3) is 0 Å². The molecule has 88 valence electrons. The van der Waals surface area contributed by atoms with E-state index in [4.69, 9.17) is 16.3 Å². The Labute approximate surface area is 102 Å². The van der Waals surface area contributed by atoms with Gasteiger partial charge in [0.05, 0.1) is 5.69 Å². The van der Waals surface area contributed by atoms with E-state index >= 15 is 0 Å². The standard InChI is InChI=1S/C12H8ClF2NO/c13-12-3-1-2-8(16-12)7-17-9-4-5-10(14)11(15)6-9/h1-6H,7H2. The third-order valence-electron chi connectivity index (χ3n) is 2.05. The second kappa shape index (κ2) is 5.10. The Bertz CT molecular complexity index is 534. The summed E-state index contributed by atoms with van der Waals surface area (Å²) < 4.78 is 30.8. The van der Waals surface area contributed by atoms with Crippen molar-refractivity contribution in [1.82, 2.24) is 4.98 Å². The number of aromatic nitrogens is 1. The minimum absolute atomic E-state index is 0.144. The maximum atomic E-state index is 12.9. The van der Waals surface area contributed by atoms with Crippen LogP contribution in [0.4, 0.5) is 8.78 Å². The summed E-state index contributed by atoms with van der Waals surface area (Å²) in [5.74, 6) is -1.61. The summed E-state index contributed by atoms with van der Waals surface area (Å²) in [4.78, 5) is 4.00. The van der Waals surface area contributed by atoms with E-state index in [0.29, 0.717) is 10.8 Å². The third kappa shape index (κ3) is 3.14. The topological polar surface area (TPSA) is 22.1 Å². The minimum Gasteiger partial charge on any atom is -0.487 e. The highest BCUT2D eigenvalue weighted by Gasteiger charge is 2.04. The number of halogens is 3. The van der Waals surface area contributed by atoms with Gasteiger partial charge in [0.15, 0.2) is 11.6 Å². The fourth-order valence-electron chi connectivity index (χ4n) is 1.25. The lowest BCUT2D eigenvalue weighted by atomic mass is 10.3. The fraction of sp³-hybridized carbons (Fsp3) is 0.0833. The molecule has 0 radical (unpaired) electrons. The molecule has 0 aliphatic carbocycles. The van der Waals surface area contributed by atoms with Crippen molar-refractivity contribution in [3.05, 3.63) is 58.9 Å². The number of hydrogen-bond donors (Lipinski definition) is 0. The second-order valence-corrected chi connectivity index (χ2v) is 3.70. The molecule has 1 aromatic heterocycles. The first-order valence-electron chi connectivity index (χ1n) is 4.84. The van der Waals surface area contributed by atoms with E-state index in [2.05, 4.69) is 4.98 Å². The van der Waals surface area contributed by atoms with Crippen molar-refractivity contribution in [1.29, 1.82) is 0 Å². The van der Waals surface area contributed by atoms with Gasteiger partial charge < -0.3 is 4.74 Å². The quantitative estimate of drug-likeness (QED) is 0.782. The zero-order chi connectivity index (χ0) is 12.3. The first kappa shape index (κ1) is 11.8. The van der Waals surface area contributed by atoms with E-state index in [1.807, 2.05) is 0 Å². The van der Waals surface area contributed by atoms with E-state index in [9.17, 15) is 8.78 Å². The Hall–Kier alpha value is -1.68. The van der Waals surface area contributed by atoms with Gasteiger partial charge in [-0.1, -0.05) is 17.7 Å². The molecule has 0 saturated heterocycles. The van der Waals surface area contributed by atoms with Crippen molar-refractivity contribution in [2.75, 3.05) is 0 Å². The van der Waals surface area contributed by atoms with Gasteiger partial charge >= 0.3 is 0 Å². The number of ether oxygens (including phenoxy) is 1. The minimum atomic E-state index is -0.943. The smallest absolute Gasteiger partial charge is 0.162 e. The molecule has 17 heavy (non-hydrogen) atoms. The molecular weight excluding hydrogens is 248 g/mol. The van der Waals surface area contributed by atoms with E-state index in [1.165, 1.54) is 6.07 Å². The Kier molecular flexibility index (Phi) is 3.54. The van der Waals surface area contributed by atoms with Crippen LogP contribution < -0.4 is 4.74 Å². The van der Waals surface area contributed by atoms with Crippen LogP contribution in [0.15, 0.2) is 36.4 Å². The van der Waals surface area contributed by atoms with Crippen molar-refractivity contribution >= 4 is 11.6 Å². The largest absolute Gasteiger partial charge is 0.487 e. The van der Waals surface area contributed by atoms with Crippen molar-refractivity contribution in [2.45, 2.75) is 6.61 Å². The molecule has 0 saturated carbocycles. The van der Waals surface area contributed by atoms with Crippen LogP contribution in [0.5, 0.6) is 5.75 Å². The second-order valence-electron chi connectivity index (χ2n) is 3.32. The molecule has 0 aliphatic heterocycles. The zero-order valence-corrected chi connectivity index (χ0v) is 9.42. The number of hydrogen-bond acceptors (Lipinski definition) is 2. The van der Waals surface area contributed by atoms with E-state index in [1.54, 1.807) is 18.2 Å². The molecule has 0 atom stereocenters. The molecule has 0 amide bonds. The predicted molar refractivity (Wildman–Crippen MR) is 59.9 cm³/mol. The summed E-state index contributed by atoms with van der Waals surface area (Å²) >= 11 is 5.70. The third-order valence-corrected chi connectivity index (χ3v) is 2.26. The van der Waals surface area contributed by atoms with Crippen LogP contribution in [-0.4, -0.2) is 4.98 Å². The Morgan fingerprint density at radius 1 is 1.12 bits per heavy atom. The zero-order valence-electron chi connectivity index (χ0n) is 8.66. The molecule has 2 nitrogen and oxygen atoms in total. The highest BCUT2D eigenvalue weighted by atomic mass is 35.5. The van der Waals surface area contributed by atoms with Gasteiger partial charge in [-0.15, -0.1) is 0 Å². The van der Waals surface area contributed by atoms with Gasteiger partial charge in [0, 0.05) is 6.07 Å². The number of rotatable bonds is 3. The van der Waals surface area contributed by atoms with Gasteiger partial charge in [0.2, 0.25) is 0 Å². The predicted octanol–water partition coefficient (Wildman–Crippen LogP) is 3.59. The molecule has 1 heterocycles. The molecule has 5 heteroatoms. The van der Waals surface area contributed by atoms with E-state index in [0.717, 1.165) is 12.1 Å². The van der Waals surface area contributed by atoms with Crippen LogP contribution in [0, 0.1) is 11.6 Å². The number of nitrogens with zero attached hydrogens (tertiary/aromatic N) is 1. The SMILES string of the molecule is Fc1ccc(OCc2cccc(Cl)n2)cc1F. The summed E-state index contributed by atoms with van der Waals surface area (Å²) in [6, 6.07) is 8.45. The average molecular weight is 256 g/mol. The lowest BCUT2D eigenvalue weighted by Crippen LogP contribution is -1.98. The molecule has 0 spiro atoms.